The lowest BCUT2D eigenvalue weighted by atomic mass is 9.79. The van der Waals surface area contributed by atoms with Gasteiger partial charge in [-0.05, 0) is 44.7 Å². The number of likely N-dealkylation sites (tertiary alicyclic amines) is 2. The number of nitrogens with zero attached hydrogens (tertiary/aromatic N) is 2. The van der Waals surface area contributed by atoms with E-state index in [0.717, 1.165) is 50.9 Å². The van der Waals surface area contributed by atoms with Gasteiger partial charge in [-0.3, -0.25) is 9.59 Å². The molecule has 0 bridgehead atoms. The van der Waals surface area contributed by atoms with Gasteiger partial charge in [-0.2, -0.15) is 0 Å². The fourth-order valence-electron chi connectivity index (χ4n) is 3.82. The maximum absolute atomic E-state index is 12.6. The summed E-state index contributed by atoms with van der Waals surface area (Å²) in [4.78, 5) is 29.1. The summed E-state index contributed by atoms with van der Waals surface area (Å²) < 4.78 is 0. The molecular formula is C18H24N2O2. The molecule has 22 heavy (non-hydrogen) atoms. The summed E-state index contributed by atoms with van der Waals surface area (Å²) in [7, 11) is 0. The topological polar surface area (TPSA) is 40.6 Å². The number of benzene rings is 1. The molecule has 2 saturated heterocycles. The molecule has 4 heteroatoms. The third-order valence-electron chi connectivity index (χ3n) is 5.23. The van der Waals surface area contributed by atoms with Crippen molar-refractivity contribution in [3.05, 3.63) is 35.9 Å². The first-order chi connectivity index (χ1) is 10.7. The number of hydrogen-bond donors (Lipinski definition) is 0. The molecule has 118 valence electrons. The van der Waals surface area contributed by atoms with E-state index in [4.69, 9.17) is 0 Å². The van der Waals surface area contributed by atoms with Crippen molar-refractivity contribution in [1.82, 2.24) is 9.80 Å². The van der Waals surface area contributed by atoms with Gasteiger partial charge in [-0.15, -0.1) is 0 Å². The molecule has 0 radical (unpaired) electrons. The van der Waals surface area contributed by atoms with E-state index in [9.17, 15) is 9.59 Å². The normalized spacial score (nSPS) is 25.6. The number of amides is 2. The minimum absolute atomic E-state index is 0.0930. The minimum Gasteiger partial charge on any atom is -0.342 e. The Morgan fingerprint density at radius 3 is 2.50 bits per heavy atom. The average molecular weight is 300 g/mol. The van der Waals surface area contributed by atoms with E-state index in [1.54, 1.807) is 0 Å². The predicted octanol–water partition coefficient (Wildman–Crippen LogP) is 2.55. The van der Waals surface area contributed by atoms with Crippen LogP contribution in [0.2, 0.25) is 0 Å². The van der Waals surface area contributed by atoms with Crippen molar-refractivity contribution in [2.45, 2.75) is 32.6 Å². The van der Waals surface area contributed by atoms with E-state index in [1.807, 2.05) is 47.1 Å². The molecule has 1 spiro atoms. The highest BCUT2D eigenvalue weighted by Crippen LogP contribution is 2.41. The molecule has 0 saturated carbocycles. The lowest BCUT2D eigenvalue weighted by molar-refractivity contribution is -0.136. The van der Waals surface area contributed by atoms with Crippen molar-refractivity contribution in [2.24, 2.45) is 5.41 Å². The van der Waals surface area contributed by atoms with Crippen LogP contribution in [-0.2, 0) is 4.79 Å². The molecule has 0 N–H and O–H groups in total. The smallest absolute Gasteiger partial charge is 0.253 e. The molecule has 4 nitrogen and oxygen atoms in total. The molecular weight excluding hydrogens is 276 g/mol. The zero-order valence-electron chi connectivity index (χ0n) is 13.3. The number of rotatable bonds is 2. The van der Waals surface area contributed by atoms with Crippen LogP contribution >= 0.6 is 0 Å². The Bertz CT molecular complexity index is 557. The van der Waals surface area contributed by atoms with Gasteiger partial charge in [-0.1, -0.05) is 18.2 Å². The van der Waals surface area contributed by atoms with Crippen molar-refractivity contribution in [2.75, 3.05) is 26.2 Å². The van der Waals surface area contributed by atoms with Gasteiger partial charge in [0.05, 0.1) is 5.41 Å². The Hall–Kier alpha value is -1.84. The van der Waals surface area contributed by atoms with E-state index in [1.165, 1.54) is 0 Å². The standard InChI is InChI=1S/C18H24N2O2/c1-2-19-13-10-18(17(19)22)9-6-12-20(14-11-18)16(21)15-7-4-3-5-8-15/h3-5,7-8H,2,6,9-14H2,1H3. The van der Waals surface area contributed by atoms with Crippen LogP contribution in [0, 0.1) is 5.41 Å². The fraction of sp³-hybridized carbons (Fsp3) is 0.556. The SMILES string of the molecule is CCN1CCC2(CCCN(C(=O)c3ccccc3)CC2)C1=O. The van der Waals surface area contributed by atoms with Crippen molar-refractivity contribution in [1.29, 1.82) is 0 Å². The molecule has 2 fully saturated rings. The Labute approximate surface area is 132 Å². The molecule has 1 unspecified atom stereocenters. The number of carbonyl (C=O) groups excluding carboxylic acids is 2. The van der Waals surface area contributed by atoms with E-state index in [0.29, 0.717) is 12.5 Å². The van der Waals surface area contributed by atoms with Gasteiger partial charge in [0.15, 0.2) is 0 Å². The second kappa shape index (κ2) is 6.11. The van der Waals surface area contributed by atoms with Gasteiger partial charge in [-0.25, -0.2) is 0 Å². The third kappa shape index (κ3) is 2.62. The zero-order chi connectivity index (χ0) is 15.6. The third-order valence-corrected chi connectivity index (χ3v) is 5.23. The zero-order valence-corrected chi connectivity index (χ0v) is 13.3. The maximum Gasteiger partial charge on any atom is 0.253 e. The second-order valence-corrected chi connectivity index (χ2v) is 6.43. The fourth-order valence-corrected chi connectivity index (χ4v) is 3.82. The van der Waals surface area contributed by atoms with Crippen LogP contribution in [0.15, 0.2) is 30.3 Å². The molecule has 1 atom stereocenters. The summed E-state index contributed by atoms with van der Waals surface area (Å²) in [6.07, 6.45) is 3.59. The number of hydrogen-bond acceptors (Lipinski definition) is 2. The summed E-state index contributed by atoms with van der Waals surface area (Å²) in [5, 5.41) is 0. The highest BCUT2D eigenvalue weighted by Gasteiger charge is 2.46. The summed E-state index contributed by atoms with van der Waals surface area (Å²) in [6, 6.07) is 9.44. The van der Waals surface area contributed by atoms with Gasteiger partial charge in [0, 0.05) is 31.7 Å². The quantitative estimate of drug-likeness (QED) is 0.842. The summed E-state index contributed by atoms with van der Waals surface area (Å²) in [5.41, 5.74) is 0.535. The largest absolute Gasteiger partial charge is 0.342 e. The highest BCUT2D eigenvalue weighted by atomic mass is 16.2. The van der Waals surface area contributed by atoms with Crippen LogP contribution in [0.25, 0.3) is 0 Å². The Morgan fingerprint density at radius 2 is 1.82 bits per heavy atom. The lowest BCUT2D eigenvalue weighted by Gasteiger charge is -2.26. The lowest BCUT2D eigenvalue weighted by Crippen LogP contribution is -2.36. The van der Waals surface area contributed by atoms with Gasteiger partial charge in [0.25, 0.3) is 5.91 Å². The predicted molar refractivity (Wildman–Crippen MR) is 85.5 cm³/mol. The molecule has 2 aliphatic rings. The first-order valence-electron chi connectivity index (χ1n) is 8.30. The highest BCUT2D eigenvalue weighted by molar-refractivity contribution is 5.94. The summed E-state index contributed by atoms with van der Waals surface area (Å²) in [6.45, 7) is 5.17. The Kier molecular flexibility index (Phi) is 4.19. The van der Waals surface area contributed by atoms with Gasteiger partial charge in [0.2, 0.25) is 5.91 Å². The minimum atomic E-state index is -0.207. The van der Waals surface area contributed by atoms with Crippen molar-refractivity contribution >= 4 is 11.8 Å². The first kappa shape index (κ1) is 15.1. The number of carbonyl (C=O) groups is 2. The summed E-state index contributed by atoms with van der Waals surface area (Å²) >= 11 is 0. The molecule has 2 heterocycles. The monoisotopic (exact) mass is 300 g/mol. The van der Waals surface area contributed by atoms with Crippen molar-refractivity contribution in [3.8, 4) is 0 Å². The first-order valence-corrected chi connectivity index (χ1v) is 8.30. The van der Waals surface area contributed by atoms with Crippen molar-refractivity contribution in [3.63, 3.8) is 0 Å². The van der Waals surface area contributed by atoms with Crippen LogP contribution in [-0.4, -0.2) is 47.8 Å². The van der Waals surface area contributed by atoms with E-state index >= 15 is 0 Å². The molecule has 2 amide bonds. The summed E-state index contributed by atoms with van der Waals surface area (Å²) in [5.74, 6) is 0.402. The Balaban J connectivity index is 1.71. The molecule has 0 aliphatic carbocycles. The van der Waals surface area contributed by atoms with E-state index in [-0.39, 0.29) is 11.3 Å². The maximum atomic E-state index is 12.6. The van der Waals surface area contributed by atoms with E-state index in [2.05, 4.69) is 0 Å². The molecule has 0 aromatic heterocycles. The Morgan fingerprint density at radius 1 is 1.09 bits per heavy atom. The molecule has 2 aliphatic heterocycles. The average Bonchev–Trinajstić information content (AvgIpc) is 2.74. The second-order valence-electron chi connectivity index (χ2n) is 6.43. The van der Waals surface area contributed by atoms with Crippen LogP contribution in [0.4, 0.5) is 0 Å². The van der Waals surface area contributed by atoms with Crippen LogP contribution in [0.5, 0.6) is 0 Å². The van der Waals surface area contributed by atoms with Gasteiger partial charge in [0.1, 0.15) is 0 Å². The van der Waals surface area contributed by atoms with Crippen LogP contribution in [0.3, 0.4) is 0 Å². The van der Waals surface area contributed by atoms with Crippen LogP contribution in [0.1, 0.15) is 43.0 Å². The van der Waals surface area contributed by atoms with Crippen LogP contribution < -0.4 is 0 Å². The van der Waals surface area contributed by atoms with Gasteiger partial charge >= 0.3 is 0 Å². The molecule has 1 aromatic rings. The molecule has 3 rings (SSSR count). The van der Waals surface area contributed by atoms with E-state index < -0.39 is 0 Å². The van der Waals surface area contributed by atoms with Crippen molar-refractivity contribution < 1.29 is 9.59 Å². The van der Waals surface area contributed by atoms with Gasteiger partial charge < -0.3 is 9.80 Å². The molecule has 1 aromatic carbocycles.